The third-order valence-electron chi connectivity index (χ3n) is 6.30. The largest absolute Gasteiger partial charge is 0.338 e. The SMILES string of the molecule is CCC(=O)N1Cc2ccccc2CC2(CCN(Cc3ccncc3)CC2)C1. The van der Waals surface area contributed by atoms with Crippen molar-refractivity contribution < 1.29 is 4.79 Å². The average molecular weight is 364 g/mol. The lowest BCUT2D eigenvalue weighted by atomic mass is 9.73. The number of hydrogen-bond donors (Lipinski definition) is 0. The van der Waals surface area contributed by atoms with E-state index in [4.69, 9.17) is 0 Å². The van der Waals surface area contributed by atoms with Gasteiger partial charge in [0.05, 0.1) is 0 Å². The van der Waals surface area contributed by atoms with E-state index in [9.17, 15) is 4.79 Å². The van der Waals surface area contributed by atoms with Crippen molar-refractivity contribution in [3.63, 3.8) is 0 Å². The summed E-state index contributed by atoms with van der Waals surface area (Å²) in [5.41, 5.74) is 4.31. The van der Waals surface area contributed by atoms with Crippen molar-refractivity contribution in [3.05, 3.63) is 65.5 Å². The highest BCUT2D eigenvalue weighted by atomic mass is 16.2. The van der Waals surface area contributed by atoms with Crippen molar-refractivity contribution in [2.24, 2.45) is 5.41 Å². The smallest absolute Gasteiger partial charge is 0.222 e. The summed E-state index contributed by atoms with van der Waals surface area (Å²) in [6.45, 7) is 6.83. The molecular formula is C23H29N3O. The van der Waals surface area contributed by atoms with Crippen molar-refractivity contribution in [3.8, 4) is 0 Å². The molecule has 0 N–H and O–H groups in total. The molecule has 1 saturated heterocycles. The van der Waals surface area contributed by atoms with Crippen molar-refractivity contribution >= 4 is 5.91 Å². The highest BCUT2D eigenvalue weighted by Gasteiger charge is 2.39. The molecule has 1 fully saturated rings. The van der Waals surface area contributed by atoms with E-state index < -0.39 is 0 Å². The lowest BCUT2D eigenvalue weighted by molar-refractivity contribution is -0.133. The van der Waals surface area contributed by atoms with Gasteiger partial charge in [0.25, 0.3) is 0 Å². The summed E-state index contributed by atoms with van der Waals surface area (Å²) in [5, 5.41) is 0. The molecule has 2 aliphatic rings. The van der Waals surface area contributed by atoms with Gasteiger partial charge in [-0.05, 0) is 66.6 Å². The molecule has 4 heteroatoms. The number of carbonyl (C=O) groups is 1. The van der Waals surface area contributed by atoms with E-state index in [-0.39, 0.29) is 11.3 Å². The van der Waals surface area contributed by atoms with Crippen LogP contribution in [0.2, 0.25) is 0 Å². The van der Waals surface area contributed by atoms with Gasteiger partial charge in [0.1, 0.15) is 0 Å². The zero-order chi connectivity index (χ0) is 18.7. The van der Waals surface area contributed by atoms with Crippen LogP contribution in [0.15, 0.2) is 48.8 Å². The molecule has 142 valence electrons. The number of likely N-dealkylation sites (tertiary alicyclic amines) is 1. The quantitative estimate of drug-likeness (QED) is 0.835. The Bertz CT molecular complexity index is 781. The second-order valence-corrected chi connectivity index (χ2v) is 8.18. The monoisotopic (exact) mass is 363 g/mol. The van der Waals surface area contributed by atoms with Gasteiger partial charge in [-0.25, -0.2) is 0 Å². The molecule has 2 aromatic rings. The van der Waals surface area contributed by atoms with Crippen LogP contribution in [0, 0.1) is 5.41 Å². The maximum Gasteiger partial charge on any atom is 0.222 e. The minimum atomic E-state index is 0.214. The fraction of sp³-hybridized carbons (Fsp3) is 0.478. The molecule has 0 saturated carbocycles. The van der Waals surface area contributed by atoms with E-state index in [1.165, 1.54) is 16.7 Å². The van der Waals surface area contributed by atoms with Gasteiger partial charge in [0.2, 0.25) is 5.91 Å². The fourth-order valence-corrected chi connectivity index (χ4v) is 4.68. The van der Waals surface area contributed by atoms with E-state index in [1.807, 2.05) is 19.3 Å². The maximum atomic E-state index is 12.6. The van der Waals surface area contributed by atoms with E-state index in [1.54, 1.807) is 0 Å². The van der Waals surface area contributed by atoms with Crippen LogP contribution in [0.25, 0.3) is 0 Å². The summed E-state index contributed by atoms with van der Waals surface area (Å²) in [4.78, 5) is 21.3. The van der Waals surface area contributed by atoms with Gasteiger partial charge in [-0.1, -0.05) is 31.2 Å². The molecule has 0 unspecified atom stereocenters. The summed E-state index contributed by atoms with van der Waals surface area (Å²) < 4.78 is 0. The number of nitrogens with zero attached hydrogens (tertiary/aromatic N) is 3. The number of aromatic nitrogens is 1. The average Bonchev–Trinajstić information content (AvgIpc) is 2.87. The Kier molecular flexibility index (Phi) is 5.26. The molecule has 2 aliphatic heterocycles. The second-order valence-electron chi connectivity index (χ2n) is 8.18. The van der Waals surface area contributed by atoms with Gasteiger partial charge in [0.15, 0.2) is 0 Å². The molecule has 1 spiro atoms. The molecule has 0 radical (unpaired) electrons. The van der Waals surface area contributed by atoms with Crippen LogP contribution < -0.4 is 0 Å². The number of pyridine rings is 1. The lowest BCUT2D eigenvalue weighted by Crippen LogP contribution is -2.47. The van der Waals surface area contributed by atoms with Gasteiger partial charge in [0, 0.05) is 38.4 Å². The van der Waals surface area contributed by atoms with Crippen LogP contribution >= 0.6 is 0 Å². The molecule has 3 heterocycles. The predicted octanol–water partition coefficient (Wildman–Crippen LogP) is 3.66. The number of hydrogen-bond acceptors (Lipinski definition) is 3. The van der Waals surface area contributed by atoms with Crippen LogP contribution in [0.3, 0.4) is 0 Å². The highest BCUT2D eigenvalue weighted by molar-refractivity contribution is 5.76. The third-order valence-corrected chi connectivity index (χ3v) is 6.30. The Balaban J connectivity index is 1.51. The summed E-state index contributed by atoms with van der Waals surface area (Å²) in [7, 11) is 0. The molecule has 1 aromatic carbocycles. The molecule has 0 atom stereocenters. The molecule has 1 amide bonds. The Hall–Kier alpha value is -2.20. The molecule has 0 aliphatic carbocycles. The first kappa shape index (κ1) is 18.2. The van der Waals surface area contributed by atoms with Crippen LogP contribution in [0.4, 0.5) is 0 Å². The molecule has 1 aromatic heterocycles. The normalized spacial score (nSPS) is 19.5. The first-order chi connectivity index (χ1) is 13.2. The van der Waals surface area contributed by atoms with Gasteiger partial charge >= 0.3 is 0 Å². The number of fused-ring (bicyclic) bond motifs is 1. The Morgan fingerprint density at radius 2 is 1.78 bits per heavy atom. The lowest BCUT2D eigenvalue weighted by Gasteiger charge is -2.43. The van der Waals surface area contributed by atoms with Crippen LogP contribution in [0.5, 0.6) is 0 Å². The van der Waals surface area contributed by atoms with E-state index in [0.29, 0.717) is 6.42 Å². The van der Waals surface area contributed by atoms with Crippen molar-refractivity contribution in [1.29, 1.82) is 0 Å². The van der Waals surface area contributed by atoms with E-state index in [0.717, 1.165) is 52.0 Å². The topological polar surface area (TPSA) is 36.4 Å². The summed E-state index contributed by atoms with van der Waals surface area (Å²) in [5.74, 6) is 0.283. The van der Waals surface area contributed by atoms with Crippen molar-refractivity contribution in [2.75, 3.05) is 19.6 Å². The molecule has 4 rings (SSSR count). The Morgan fingerprint density at radius 1 is 1.07 bits per heavy atom. The standard InChI is InChI=1S/C23H29N3O/c1-2-22(27)26-17-21-6-4-3-5-20(21)15-23(18-26)9-13-25(14-10-23)16-19-7-11-24-12-8-19/h3-8,11-12H,2,9-10,13-18H2,1H3. The van der Waals surface area contributed by atoms with Gasteiger partial charge in [-0.15, -0.1) is 0 Å². The fourth-order valence-electron chi connectivity index (χ4n) is 4.68. The molecule has 4 nitrogen and oxygen atoms in total. The molecular weight excluding hydrogens is 334 g/mol. The van der Waals surface area contributed by atoms with Crippen LogP contribution in [0.1, 0.15) is 42.9 Å². The van der Waals surface area contributed by atoms with Gasteiger partial charge in [-0.3, -0.25) is 14.7 Å². The zero-order valence-corrected chi connectivity index (χ0v) is 16.2. The maximum absolute atomic E-state index is 12.6. The Morgan fingerprint density at radius 3 is 2.48 bits per heavy atom. The number of carbonyl (C=O) groups excluding carboxylic acids is 1. The van der Waals surface area contributed by atoms with Crippen LogP contribution in [-0.2, 0) is 24.3 Å². The number of piperidine rings is 1. The summed E-state index contributed by atoms with van der Waals surface area (Å²) in [6, 6.07) is 12.9. The Labute approximate surface area is 162 Å². The number of benzene rings is 1. The van der Waals surface area contributed by atoms with Gasteiger partial charge in [-0.2, -0.15) is 0 Å². The highest BCUT2D eigenvalue weighted by Crippen LogP contribution is 2.40. The van der Waals surface area contributed by atoms with Crippen molar-refractivity contribution in [1.82, 2.24) is 14.8 Å². The van der Waals surface area contributed by atoms with Crippen LogP contribution in [-0.4, -0.2) is 40.3 Å². The minimum Gasteiger partial charge on any atom is -0.338 e. The third kappa shape index (κ3) is 4.06. The minimum absolute atomic E-state index is 0.214. The number of rotatable bonds is 3. The first-order valence-electron chi connectivity index (χ1n) is 10.1. The van der Waals surface area contributed by atoms with E-state index in [2.05, 4.69) is 51.2 Å². The summed E-state index contributed by atoms with van der Waals surface area (Å²) >= 11 is 0. The second kappa shape index (κ2) is 7.81. The molecule has 27 heavy (non-hydrogen) atoms. The summed E-state index contributed by atoms with van der Waals surface area (Å²) in [6.07, 6.45) is 7.74. The number of amides is 1. The van der Waals surface area contributed by atoms with E-state index >= 15 is 0 Å². The van der Waals surface area contributed by atoms with Crippen molar-refractivity contribution in [2.45, 2.75) is 45.7 Å². The first-order valence-corrected chi connectivity index (χ1v) is 10.1. The van der Waals surface area contributed by atoms with Gasteiger partial charge < -0.3 is 4.90 Å². The zero-order valence-electron chi connectivity index (χ0n) is 16.2. The predicted molar refractivity (Wildman–Crippen MR) is 107 cm³/mol. The molecule has 0 bridgehead atoms.